The quantitative estimate of drug-likeness (QED) is 0.120. The van der Waals surface area contributed by atoms with Crippen LogP contribution in [0.25, 0.3) is 0 Å². The maximum absolute atomic E-state index is 6.11. The van der Waals surface area contributed by atoms with Crippen molar-refractivity contribution in [1.29, 1.82) is 0 Å². The number of ether oxygens (including phenoxy) is 1. The van der Waals surface area contributed by atoms with Gasteiger partial charge in [-0.1, -0.05) is 27.7 Å². The van der Waals surface area contributed by atoms with E-state index in [1.165, 1.54) is 22.5 Å². The Bertz CT molecular complexity index is 1330. The number of hydrogen-bond acceptors (Lipinski definition) is 5. The van der Waals surface area contributed by atoms with Crippen molar-refractivity contribution >= 4 is 34.1 Å². The van der Waals surface area contributed by atoms with Crippen LogP contribution in [0.3, 0.4) is 0 Å². The van der Waals surface area contributed by atoms with Crippen LogP contribution in [0.5, 0.6) is 11.5 Å². The fraction of sp³-hybridized carbons (Fsp3) is 0.368. The van der Waals surface area contributed by atoms with E-state index in [-0.39, 0.29) is 0 Å². The molecule has 228 valence electrons. The van der Waals surface area contributed by atoms with Crippen LogP contribution >= 0.6 is 0 Å². The first kappa shape index (κ1) is 31.8. The summed E-state index contributed by atoms with van der Waals surface area (Å²) in [6.45, 7) is 17.8. The van der Waals surface area contributed by atoms with Gasteiger partial charge in [0.25, 0.3) is 0 Å². The lowest BCUT2D eigenvalue weighted by Crippen LogP contribution is -2.18. The van der Waals surface area contributed by atoms with Crippen molar-refractivity contribution in [3.05, 3.63) is 96.1 Å². The maximum atomic E-state index is 6.11. The number of nitrogens with one attached hydrogen (secondary N) is 4. The molecule has 0 saturated carbocycles. The van der Waals surface area contributed by atoms with E-state index in [1.807, 2.05) is 48.5 Å². The van der Waals surface area contributed by atoms with Crippen LogP contribution in [0.4, 0.5) is 34.1 Å². The van der Waals surface area contributed by atoms with Crippen molar-refractivity contribution in [3.63, 3.8) is 0 Å². The molecule has 5 nitrogen and oxygen atoms in total. The number of anilines is 6. The van der Waals surface area contributed by atoms with Crippen molar-refractivity contribution < 1.29 is 4.74 Å². The Labute approximate surface area is 259 Å². The molecule has 43 heavy (non-hydrogen) atoms. The Balaban J connectivity index is 1.29. The largest absolute Gasteiger partial charge is 0.457 e. The first-order valence-electron chi connectivity index (χ1n) is 15.7. The van der Waals surface area contributed by atoms with Crippen LogP contribution in [0.15, 0.2) is 84.9 Å². The minimum absolute atomic E-state index is 0.449. The SMILES string of the molecule is Cc1cc(Nc2ccc(Oc3ccc(Nc4ccc(NC(C)CC(C)C)c(C)c4)cc3)cc2)ccc1NC(C)CC(C)C. The predicted molar refractivity (Wildman–Crippen MR) is 187 cm³/mol. The zero-order valence-electron chi connectivity index (χ0n) is 27.2. The molecule has 0 heterocycles. The summed E-state index contributed by atoms with van der Waals surface area (Å²) < 4.78 is 6.11. The molecule has 0 amide bonds. The molecule has 4 aromatic carbocycles. The fourth-order valence-electron chi connectivity index (χ4n) is 5.55. The molecular weight excluding hydrogens is 528 g/mol. The smallest absolute Gasteiger partial charge is 0.127 e. The van der Waals surface area contributed by atoms with Gasteiger partial charge in [0.1, 0.15) is 11.5 Å². The zero-order chi connectivity index (χ0) is 30.9. The van der Waals surface area contributed by atoms with Gasteiger partial charge < -0.3 is 26.0 Å². The zero-order valence-corrected chi connectivity index (χ0v) is 27.2. The highest BCUT2D eigenvalue weighted by molar-refractivity contribution is 5.67. The lowest BCUT2D eigenvalue weighted by Gasteiger charge is -2.19. The Morgan fingerprint density at radius 1 is 0.488 bits per heavy atom. The summed E-state index contributed by atoms with van der Waals surface area (Å²) in [6.07, 6.45) is 2.30. The Hall–Kier alpha value is -4.12. The van der Waals surface area contributed by atoms with Gasteiger partial charge in [-0.3, -0.25) is 0 Å². The number of aryl methyl sites for hydroxylation is 2. The van der Waals surface area contributed by atoms with E-state index >= 15 is 0 Å². The molecule has 0 aliphatic carbocycles. The molecule has 0 aliphatic rings. The van der Waals surface area contributed by atoms with Gasteiger partial charge in [0, 0.05) is 46.2 Å². The lowest BCUT2D eigenvalue weighted by atomic mass is 10.0. The molecule has 0 radical (unpaired) electrons. The van der Waals surface area contributed by atoms with Crippen LogP contribution < -0.4 is 26.0 Å². The minimum atomic E-state index is 0.449. The summed E-state index contributed by atoms with van der Waals surface area (Å²) in [5.41, 5.74) is 9.02. The second kappa shape index (κ2) is 14.9. The van der Waals surface area contributed by atoms with Crippen LogP contribution in [0.1, 0.15) is 65.5 Å². The van der Waals surface area contributed by atoms with Gasteiger partial charge in [-0.05, 0) is 148 Å². The van der Waals surface area contributed by atoms with E-state index in [9.17, 15) is 0 Å². The second-order valence-corrected chi connectivity index (χ2v) is 12.8. The van der Waals surface area contributed by atoms with Gasteiger partial charge in [0.15, 0.2) is 0 Å². The fourth-order valence-corrected chi connectivity index (χ4v) is 5.55. The molecule has 0 fully saturated rings. The summed E-state index contributed by atoms with van der Waals surface area (Å²) in [5.74, 6) is 2.95. The average Bonchev–Trinajstić information content (AvgIpc) is 2.93. The van der Waals surface area contributed by atoms with E-state index in [4.69, 9.17) is 4.74 Å². The lowest BCUT2D eigenvalue weighted by molar-refractivity contribution is 0.483. The summed E-state index contributed by atoms with van der Waals surface area (Å²) in [5, 5.41) is 14.3. The molecule has 2 unspecified atom stereocenters. The van der Waals surface area contributed by atoms with Crippen molar-refractivity contribution in [2.45, 2.75) is 80.3 Å². The van der Waals surface area contributed by atoms with Crippen molar-refractivity contribution in [2.24, 2.45) is 11.8 Å². The minimum Gasteiger partial charge on any atom is -0.457 e. The second-order valence-electron chi connectivity index (χ2n) is 12.8. The first-order chi connectivity index (χ1) is 20.5. The Morgan fingerprint density at radius 2 is 0.837 bits per heavy atom. The first-order valence-corrected chi connectivity index (χ1v) is 15.7. The van der Waals surface area contributed by atoms with E-state index in [0.29, 0.717) is 23.9 Å². The van der Waals surface area contributed by atoms with Gasteiger partial charge in [-0.2, -0.15) is 0 Å². The number of hydrogen-bond donors (Lipinski definition) is 4. The van der Waals surface area contributed by atoms with Crippen LogP contribution in [-0.2, 0) is 0 Å². The monoisotopic (exact) mass is 578 g/mol. The molecule has 0 aliphatic heterocycles. The highest BCUT2D eigenvalue weighted by Gasteiger charge is 2.09. The molecule has 0 spiro atoms. The van der Waals surface area contributed by atoms with Gasteiger partial charge in [-0.15, -0.1) is 0 Å². The van der Waals surface area contributed by atoms with Gasteiger partial charge in [0.2, 0.25) is 0 Å². The van der Waals surface area contributed by atoms with Gasteiger partial charge >= 0.3 is 0 Å². The third-order valence-electron chi connectivity index (χ3n) is 7.43. The Morgan fingerprint density at radius 3 is 1.16 bits per heavy atom. The number of benzene rings is 4. The highest BCUT2D eigenvalue weighted by Crippen LogP contribution is 2.29. The van der Waals surface area contributed by atoms with E-state index in [0.717, 1.165) is 47.1 Å². The normalized spacial score (nSPS) is 12.6. The summed E-state index contributed by atoms with van der Waals surface area (Å²) in [6, 6.07) is 30.0. The third kappa shape index (κ3) is 9.99. The van der Waals surface area contributed by atoms with Crippen molar-refractivity contribution in [2.75, 3.05) is 21.3 Å². The summed E-state index contributed by atoms with van der Waals surface area (Å²) in [4.78, 5) is 0. The highest BCUT2D eigenvalue weighted by atomic mass is 16.5. The molecule has 4 rings (SSSR count). The predicted octanol–water partition coefficient (Wildman–Crippen LogP) is 11.3. The summed E-state index contributed by atoms with van der Waals surface area (Å²) >= 11 is 0. The molecule has 0 aromatic heterocycles. The number of rotatable bonds is 14. The molecule has 4 aromatic rings. The van der Waals surface area contributed by atoms with Gasteiger partial charge in [-0.25, -0.2) is 0 Å². The topological polar surface area (TPSA) is 57.4 Å². The van der Waals surface area contributed by atoms with Crippen LogP contribution in [-0.4, -0.2) is 12.1 Å². The van der Waals surface area contributed by atoms with Crippen LogP contribution in [0.2, 0.25) is 0 Å². The van der Waals surface area contributed by atoms with Crippen molar-refractivity contribution in [3.8, 4) is 11.5 Å². The van der Waals surface area contributed by atoms with E-state index in [1.54, 1.807) is 0 Å². The molecular formula is C38H50N4O. The average molecular weight is 579 g/mol. The molecule has 4 N–H and O–H groups in total. The molecule has 2 atom stereocenters. The van der Waals surface area contributed by atoms with Crippen molar-refractivity contribution in [1.82, 2.24) is 0 Å². The van der Waals surface area contributed by atoms with E-state index < -0.39 is 0 Å². The standard InChI is InChI=1S/C38H50N4O/c1-25(2)21-29(7)39-37-19-13-33(23-27(37)5)41-31-9-15-35(16-10-31)43-36-17-11-32(12-18-36)42-34-14-20-38(28(6)24-34)40-30(8)22-26(3)4/h9-20,23-26,29-30,39-42H,21-22H2,1-8H3. The Kier molecular flexibility index (Phi) is 11.0. The third-order valence-corrected chi connectivity index (χ3v) is 7.43. The summed E-state index contributed by atoms with van der Waals surface area (Å²) in [7, 11) is 0. The molecule has 0 saturated heterocycles. The molecule has 0 bridgehead atoms. The van der Waals surface area contributed by atoms with E-state index in [2.05, 4.69) is 113 Å². The van der Waals surface area contributed by atoms with Crippen LogP contribution in [0, 0.1) is 25.7 Å². The maximum Gasteiger partial charge on any atom is 0.127 e. The van der Waals surface area contributed by atoms with Gasteiger partial charge in [0.05, 0.1) is 0 Å². The molecule has 5 heteroatoms.